The largest absolute Gasteiger partial charge is 0.373 e. The van der Waals surface area contributed by atoms with E-state index in [1.807, 2.05) is 32.2 Å². The van der Waals surface area contributed by atoms with Crippen LogP contribution in [0.3, 0.4) is 0 Å². The van der Waals surface area contributed by atoms with E-state index in [-0.39, 0.29) is 23.0 Å². The van der Waals surface area contributed by atoms with Crippen LogP contribution in [0.25, 0.3) is 16.5 Å². The first-order valence-electron chi connectivity index (χ1n) is 11.6. The highest BCUT2D eigenvalue weighted by molar-refractivity contribution is 7.89. The van der Waals surface area contributed by atoms with Crippen LogP contribution in [-0.4, -0.2) is 66.9 Å². The Kier molecular flexibility index (Phi) is 6.06. The smallest absolute Gasteiger partial charge is 0.254 e. The zero-order valence-electron chi connectivity index (χ0n) is 19.4. The molecule has 3 heterocycles. The summed E-state index contributed by atoms with van der Waals surface area (Å²) in [4.78, 5) is 18.4. The molecule has 2 aliphatic heterocycles. The van der Waals surface area contributed by atoms with Gasteiger partial charge in [0.05, 0.1) is 17.1 Å². The van der Waals surface area contributed by atoms with Crippen LogP contribution in [0.15, 0.2) is 65.7 Å². The van der Waals surface area contributed by atoms with Crippen LogP contribution < -0.4 is 0 Å². The van der Waals surface area contributed by atoms with Gasteiger partial charge in [-0.3, -0.25) is 4.79 Å². The third-order valence-corrected chi connectivity index (χ3v) is 8.40. The van der Waals surface area contributed by atoms with Gasteiger partial charge in [0.15, 0.2) is 0 Å². The van der Waals surface area contributed by atoms with Crippen molar-refractivity contribution in [3.05, 3.63) is 71.9 Å². The summed E-state index contributed by atoms with van der Waals surface area (Å²) in [7, 11) is -3.63. The van der Waals surface area contributed by atoms with E-state index < -0.39 is 10.0 Å². The summed E-state index contributed by atoms with van der Waals surface area (Å²) in [5, 5.41) is 1.19. The number of benzene rings is 2. The molecule has 1 N–H and O–H groups in total. The van der Waals surface area contributed by atoms with Gasteiger partial charge in [-0.15, -0.1) is 0 Å². The SMILES string of the molecule is C[C@H]1CN(S(=O)(=O)c2ccc(C(=O)N3CC=C(c4c[nH]c5ccccc45)CC3)cc2)C[C@H](C)O1. The van der Waals surface area contributed by atoms with Crippen LogP contribution in [0, 0.1) is 0 Å². The van der Waals surface area contributed by atoms with Crippen molar-refractivity contribution in [1.82, 2.24) is 14.2 Å². The minimum Gasteiger partial charge on any atom is -0.373 e. The van der Waals surface area contributed by atoms with Crippen molar-refractivity contribution in [3.63, 3.8) is 0 Å². The lowest BCUT2D eigenvalue weighted by Crippen LogP contribution is -2.48. The number of rotatable bonds is 4. The van der Waals surface area contributed by atoms with Gasteiger partial charge < -0.3 is 14.6 Å². The van der Waals surface area contributed by atoms with Gasteiger partial charge in [0.25, 0.3) is 5.91 Å². The van der Waals surface area contributed by atoms with Gasteiger partial charge in [0, 0.05) is 54.4 Å². The van der Waals surface area contributed by atoms with Crippen molar-refractivity contribution in [3.8, 4) is 0 Å². The number of carbonyl (C=O) groups excluding carboxylic acids is 1. The fourth-order valence-corrected chi connectivity index (χ4v) is 6.45. The van der Waals surface area contributed by atoms with Gasteiger partial charge in [-0.1, -0.05) is 24.3 Å². The number of fused-ring (bicyclic) bond motifs is 1. The summed E-state index contributed by atoms with van der Waals surface area (Å²) >= 11 is 0. The summed E-state index contributed by atoms with van der Waals surface area (Å²) in [5.41, 5.74) is 4.01. The Hall–Kier alpha value is -2.94. The van der Waals surface area contributed by atoms with Gasteiger partial charge in [0.2, 0.25) is 10.0 Å². The molecular formula is C26H29N3O4S. The maximum Gasteiger partial charge on any atom is 0.254 e. The molecule has 34 heavy (non-hydrogen) atoms. The third kappa shape index (κ3) is 4.29. The highest BCUT2D eigenvalue weighted by Gasteiger charge is 2.32. The van der Waals surface area contributed by atoms with Crippen molar-refractivity contribution in [2.45, 2.75) is 37.4 Å². The van der Waals surface area contributed by atoms with Gasteiger partial charge in [0.1, 0.15) is 0 Å². The molecule has 7 nitrogen and oxygen atoms in total. The Morgan fingerprint density at radius 2 is 1.74 bits per heavy atom. The van der Waals surface area contributed by atoms with Crippen LogP contribution in [0.5, 0.6) is 0 Å². The van der Waals surface area contributed by atoms with E-state index in [9.17, 15) is 13.2 Å². The zero-order chi connectivity index (χ0) is 23.9. The second kappa shape index (κ2) is 9.02. The van der Waals surface area contributed by atoms with Crippen molar-refractivity contribution in [2.75, 3.05) is 26.2 Å². The molecule has 5 rings (SSSR count). The van der Waals surface area contributed by atoms with Crippen LogP contribution in [-0.2, 0) is 14.8 Å². The first kappa shape index (κ1) is 22.8. The Morgan fingerprint density at radius 3 is 2.41 bits per heavy atom. The first-order valence-corrected chi connectivity index (χ1v) is 13.1. The highest BCUT2D eigenvalue weighted by Crippen LogP contribution is 2.29. The zero-order valence-corrected chi connectivity index (χ0v) is 20.2. The second-order valence-corrected chi connectivity index (χ2v) is 11.0. The fourth-order valence-electron chi connectivity index (χ4n) is 4.86. The number of hydrogen-bond donors (Lipinski definition) is 1. The minimum atomic E-state index is -3.63. The predicted molar refractivity (Wildman–Crippen MR) is 132 cm³/mol. The molecule has 0 radical (unpaired) electrons. The topological polar surface area (TPSA) is 82.7 Å². The number of nitrogens with zero attached hydrogens (tertiary/aromatic N) is 2. The molecule has 2 atom stereocenters. The molecule has 1 fully saturated rings. The maximum absolute atomic E-state index is 13.1. The van der Waals surface area contributed by atoms with Gasteiger partial charge in [-0.05, 0) is 56.2 Å². The third-order valence-electron chi connectivity index (χ3n) is 6.56. The molecule has 0 saturated carbocycles. The lowest BCUT2D eigenvalue weighted by atomic mass is 9.98. The van der Waals surface area contributed by atoms with E-state index in [1.165, 1.54) is 33.0 Å². The average Bonchev–Trinajstić information content (AvgIpc) is 3.27. The van der Waals surface area contributed by atoms with Crippen molar-refractivity contribution >= 4 is 32.4 Å². The molecule has 0 spiro atoms. The van der Waals surface area contributed by atoms with Crippen molar-refractivity contribution in [2.24, 2.45) is 0 Å². The molecule has 8 heteroatoms. The van der Waals surface area contributed by atoms with E-state index in [2.05, 4.69) is 23.2 Å². The summed E-state index contributed by atoms with van der Waals surface area (Å²) in [6.07, 6.45) is 4.61. The molecule has 3 aromatic rings. The predicted octanol–water partition coefficient (Wildman–Crippen LogP) is 3.90. The average molecular weight is 480 g/mol. The Balaban J connectivity index is 1.28. The molecule has 0 unspecified atom stereocenters. The van der Waals surface area contributed by atoms with Crippen LogP contribution in [0.1, 0.15) is 36.2 Å². The lowest BCUT2D eigenvalue weighted by molar-refractivity contribution is -0.0440. The number of hydrogen-bond acceptors (Lipinski definition) is 4. The van der Waals surface area contributed by atoms with E-state index in [4.69, 9.17) is 4.74 Å². The number of ether oxygens (including phenoxy) is 1. The Morgan fingerprint density at radius 1 is 1.03 bits per heavy atom. The highest BCUT2D eigenvalue weighted by atomic mass is 32.2. The minimum absolute atomic E-state index is 0.0909. The van der Waals surface area contributed by atoms with Crippen LogP contribution in [0.2, 0.25) is 0 Å². The van der Waals surface area contributed by atoms with Crippen molar-refractivity contribution < 1.29 is 17.9 Å². The number of para-hydroxylation sites is 1. The summed E-state index contributed by atoms with van der Waals surface area (Å²) in [5.74, 6) is -0.0909. The second-order valence-electron chi connectivity index (χ2n) is 9.08. The summed E-state index contributed by atoms with van der Waals surface area (Å²) in [6.45, 7) is 5.54. The normalized spacial score (nSPS) is 22.1. The number of carbonyl (C=O) groups is 1. The van der Waals surface area contributed by atoms with Crippen LogP contribution in [0.4, 0.5) is 0 Å². The molecule has 1 aromatic heterocycles. The summed E-state index contributed by atoms with van der Waals surface area (Å²) in [6, 6.07) is 14.5. The standard InChI is InChI=1S/C26H29N3O4S/c1-18-16-29(17-19(2)33-18)34(31,32)22-9-7-21(8-10-22)26(30)28-13-11-20(12-14-28)24-15-27-25-6-4-3-5-23(24)25/h3-11,15,18-19,27H,12-14,16-17H2,1-2H3/t18-,19-/m0/s1. The summed E-state index contributed by atoms with van der Waals surface area (Å²) < 4.78 is 33.3. The maximum atomic E-state index is 13.1. The lowest BCUT2D eigenvalue weighted by Gasteiger charge is -2.34. The van der Waals surface area contributed by atoms with Gasteiger partial charge >= 0.3 is 0 Å². The first-order chi connectivity index (χ1) is 16.3. The quantitative estimate of drug-likeness (QED) is 0.615. The number of morpholine rings is 1. The number of aromatic amines is 1. The molecule has 2 aliphatic rings. The fraction of sp³-hybridized carbons (Fsp3) is 0.346. The molecule has 0 bridgehead atoms. The molecule has 1 amide bonds. The van der Waals surface area contributed by atoms with E-state index in [0.29, 0.717) is 31.7 Å². The molecule has 2 aromatic carbocycles. The van der Waals surface area contributed by atoms with E-state index in [0.717, 1.165) is 11.9 Å². The molecule has 1 saturated heterocycles. The number of H-pyrrole nitrogens is 1. The Labute approximate surface area is 200 Å². The molecule has 178 valence electrons. The molecular weight excluding hydrogens is 450 g/mol. The van der Waals surface area contributed by atoms with Gasteiger partial charge in [-0.2, -0.15) is 4.31 Å². The van der Waals surface area contributed by atoms with E-state index in [1.54, 1.807) is 17.0 Å². The number of sulfonamides is 1. The number of aromatic nitrogens is 1. The van der Waals surface area contributed by atoms with E-state index >= 15 is 0 Å². The Bertz CT molecular complexity index is 1330. The number of amides is 1. The molecule has 0 aliphatic carbocycles. The van der Waals surface area contributed by atoms with Crippen LogP contribution >= 0.6 is 0 Å². The van der Waals surface area contributed by atoms with Gasteiger partial charge in [-0.25, -0.2) is 8.42 Å². The monoisotopic (exact) mass is 479 g/mol. The van der Waals surface area contributed by atoms with Crippen molar-refractivity contribution in [1.29, 1.82) is 0 Å². The number of nitrogens with one attached hydrogen (secondary N) is 1.